The molecule has 4 nitrogen and oxygen atoms in total. The number of nitrogens with zero attached hydrogens (tertiary/aromatic N) is 1. The monoisotopic (exact) mass is 402 g/mol. The van der Waals surface area contributed by atoms with Crippen LogP contribution >= 0.6 is 0 Å². The highest BCUT2D eigenvalue weighted by molar-refractivity contribution is 7.89. The average Bonchev–Trinajstić information content (AvgIpc) is 2.58. The van der Waals surface area contributed by atoms with E-state index in [1.54, 1.807) is 16.4 Å². The molecule has 1 aliphatic heterocycles. The van der Waals surface area contributed by atoms with Crippen molar-refractivity contribution in [3.05, 3.63) is 29.8 Å². The molecule has 0 aliphatic carbocycles. The second-order valence-electron chi connectivity index (χ2n) is 7.55. The van der Waals surface area contributed by atoms with Crippen LogP contribution in [0.15, 0.2) is 29.2 Å². The fourth-order valence-corrected chi connectivity index (χ4v) is 5.31. The van der Waals surface area contributed by atoms with Crippen molar-refractivity contribution in [1.82, 2.24) is 4.31 Å². The first kappa shape index (κ1) is 23.4. The van der Waals surface area contributed by atoms with Gasteiger partial charge in [0.1, 0.15) is 0 Å². The molecular formula is C20H35ClN2O2S. The zero-order valence-electron chi connectivity index (χ0n) is 16.5. The molecular weight excluding hydrogens is 368 g/mol. The third kappa shape index (κ3) is 6.52. The topological polar surface area (TPSA) is 41.8 Å². The summed E-state index contributed by atoms with van der Waals surface area (Å²) in [5.41, 5.74) is 1.09. The van der Waals surface area contributed by atoms with Crippen LogP contribution in [0.1, 0.15) is 57.4 Å². The Kier molecular flexibility index (Phi) is 10.2. The van der Waals surface area contributed by atoms with E-state index in [1.807, 2.05) is 19.1 Å². The quantitative estimate of drug-likeness (QED) is 0.573. The van der Waals surface area contributed by atoms with Crippen molar-refractivity contribution < 1.29 is 25.7 Å². The van der Waals surface area contributed by atoms with E-state index in [9.17, 15) is 8.42 Å². The molecule has 2 rings (SSSR count). The third-order valence-corrected chi connectivity index (χ3v) is 7.23. The Bertz CT molecular complexity index is 619. The fourth-order valence-electron chi connectivity index (χ4n) is 3.66. The lowest BCUT2D eigenvalue weighted by Gasteiger charge is -2.37. The van der Waals surface area contributed by atoms with Gasteiger partial charge in [0.2, 0.25) is 10.0 Å². The van der Waals surface area contributed by atoms with Gasteiger partial charge in [0, 0.05) is 0 Å². The van der Waals surface area contributed by atoms with Crippen LogP contribution in [0.4, 0.5) is 0 Å². The van der Waals surface area contributed by atoms with Gasteiger partial charge in [-0.2, -0.15) is 4.31 Å². The standard InChI is InChI=1S/C20H34N2O2S.ClH/c1-4-5-6-7-8-9-10-19-17-21(3)15-16-22(19)25(23,24)20-13-11-18(2)12-14-20;/h11-14,19H,4-10,15-17H2,1-3H3;1H. The van der Waals surface area contributed by atoms with Gasteiger partial charge in [-0.1, -0.05) is 63.1 Å². The number of nitrogens with one attached hydrogen (secondary N) is 1. The molecule has 6 heteroatoms. The van der Waals surface area contributed by atoms with Crippen LogP contribution in [0.3, 0.4) is 0 Å². The van der Waals surface area contributed by atoms with Crippen molar-refractivity contribution in [2.45, 2.75) is 69.7 Å². The van der Waals surface area contributed by atoms with E-state index in [1.165, 1.54) is 37.0 Å². The number of halogens is 1. The van der Waals surface area contributed by atoms with Crippen LogP contribution in [0, 0.1) is 6.92 Å². The molecule has 0 spiro atoms. The first-order valence-electron chi connectivity index (χ1n) is 9.85. The maximum Gasteiger partial charge on any atom is 0.243 e. The molecule has 0 saturated carbocycles. The Labute approximate surface area is 166 Å². The molecule has 1 N–H and O–H groups in total. The minimum absolute atomic E-state index is 0. The lowest BCUT2D eigenvalue weighted by molar-refractivity contribution is -0.886. The highest BCUT2D eigenvalue weighted by atomic mass is 35.5. The molecule has 0 amide bonds. The van der Waals surface area contributed by atoms with Crippen molar-refractivity contribution in [2.24, 2.45) is 0 Å². The van der Waals surface area contributed by atoms with Crippen molar-refractivity contribution in [3.8, 4) is 0 Å². The van der Waals surface area contributed by atoms with Gasteiger partial charge < -0.3 is 17.3 Å². The summed E-state index contributed by atoms with van der Waals surface area (Å²) < 4.78 is 28.0. The number of hydrogen-bond donors (Lipinski definition) is 1. The number of rotatable bonds is 9. The second-order valence-corrected chi connectivity index (χ2v) is 9.44. The molecule has 2 atom stereocenters. The molecule has 1 aromatic carbocycles. The van der Waals surface area contributed by atoms with E-state index >= 15 is 0 Å². The third-order valence-electron chi connectivity index (χ3n) is 5.27. The van der Waals surface area contributed by atoms with Gasteiger partial charge in [0.15, 0.2) is 0 Å². The number of unbranched alkanes of at least 4 members (excludes halogenated alkanes) is 5. The maximum absolute atomic E-state index is 13.1. The van der Waals surface area contributed by atoms with Gasteiger partial charge in [0.05, 0.1) is 37.6 Å². The van der Waals surface area contributed by atoms with E-state index < -0.39 is 10.0 Å². The normalized spacial score (nSPS) is 21.3. The van der Waals surface area contributed by atoms with Gasteiger partial charge in [-0.25, -0.2) is 8.42 Å². The molecule has 1 saturated heterocycles. The van der Waals surface area contributed by atoms with Gasteiger partial charge in [0.25, 0.3) is 0 Å². The number of sulfonamides is 1. The summed E-state index contributed by atoms with van der Waals surface area (Å²) in [7, 11) is -1.21. The van der Waals surface area contributed by atoms with E-state index in [0.29, 0.717) is 11.4 Å². The molecule has 1 fully saturated rings. The van der Waals surface area contributed by atoms with Gasteiger partial charge in [-0.3, -0.25) is 0 Å². The lowest BCUT2D eigenvalue weighted by Crippen LogP contribution is -3.13. The molecule has 1 aliphatic rings. The smallest absolute Gasteiger partial charge is 0.243 e. The molecule has 1 heterocycles. The minimum Gasteiger partial charge on any atom is -1.00 e. The first-order chi connectivity index (χ1) is 11.9. The van der Waals surface area contributed by atoms with E-state index in [4.69, 9.17) is 0 Å². The predicted molar refractivity (Wildman–Crippen MR) is 103 cm³/mol. The van der Waals surface area contributed by atoms with E-state index in [-0.39, 0.29) is 18.4 Å². The Morgan fingerprint density at radius 1 is 1.08 bits per heavy atom. The Morgan fingerprint density at radius 2 is 1.69 bits per heavy atom. The zero-order valence-corrected chi connectivity index (χ0v) is 18.1. The van der Waals surface area contributed by atoms with Crippen LogP contribution in [-0.2, 0) is 10.0 Å². The summed E-state index contributed by atoms with van der Waals surface area (Å²) in [4.78, 5) is 1.87. The maximum atomic E-state index is 13.1. The largest absolute Gasteiger partial charge is 1.00 e. The number of aryl methyl sites for hydroxylation is 1. The summed E-state index contributed by atoms with van der Waals surface area (Å²) in [5.74, 6) is 0. The summed E-state index contributed by atoms with van der Waals surface area (Å²) in [6.07, 6.45) is 8.47. The molecule has 2 unspecified atom stereocenters. The number of likely N-dealkylation sites (N-methyl/N-ethyl adjacent to an activating group) is 1. The first-order valence-corrected chi connectivity index (χ1v) is 11.3. The summed E-state index contributed by atoms with van der Waals surface area (Å²) in [5, 5.41) is 0. The van der Waals surface area contributed by atoms with Crippen LogP contribution in [0.2, 0.25) is 0 Å². The van der Waals surface area contributed by atoms with Crippen molar-refractivity contribution >= 4 is 10.0 Å². The van der Waals surface area contributed by atoms with Crippen LogP contribution in [0.25, 0.3) is 0 Å². The highest BCUT2D eigenvalue weighted by Crippen LogP contribution is 2.22. The summed E-state index contributed by atoms with van der Waals surface area (Å²) in [6, 6.07) is 7.40. The molecule has 150 valence electrons. The Balaban J connectivity index is 0.00000338. The van der Waals surface area contributed by atoms with Crippen molar-refractivity contribution in [3.63, 3.8) is 0 Å². The Morgan fingerprint density at radius 3 is 2.35 bits per heavy atom. The molecule has 0 radical (unpaired) electrons. The van der Waals surface area contributed by atoms with Gasteiger partial charge in [-0.15, -0.1) is 0 Å². The SMILES string of the molecule is CCCCCCCCC1C[NH+](C)CCN1S(=O)(=O)c1ccc(C)cc1.[Cl-]. The molecule has 26 heavy (non-hydrogen) atoms. The zero-order chi connectivity index (χ0) is 18.3. The van der Waals surface area contributed by atoms with Gasteiger partial charge in [-0.05, 0) is 25.5 Å². The highest BCUT2D eigenvalue weighted by Gasteiger charge is 2.36. The number of benzene rings is 1. The summed E-state index contributed by atoms with van der Waals surface area (Å²) in [6.45, 7) is 6.64. The van der Waals surface area contributed by atoms with Crippen LogP contribution in [-0.4, -0.2) is 45.4 Å². The van der Waals surface area contributed by atoms with Gasteiger partial charge >= 0.3 is 0 Å². The molecule has 0 aromatic heterocycles. The van der Waals surface area contributed by atoms with Crippen LogP contribution < -0.4 is 17.3 Å². The van der Waals surface area contributed by atoms with E-state index in [0.717, 1.165) is 31.5 Å². The number of piperazine rings is 1. The van der Waals surface area contributed by atoms with E-state index in [2.05, 4.69) is 14.0 Å². The number of hydrogen-bond acceptors (Lipinski definition) is 2. The fraction of sp³-hybridized carbons (Fsp3) is 0.700. The Hall–Kier alpha value is -0.620. The number of quaternary nitrogens is 1. The molecule has 1 aromatic rings. The lowest BCUT2D eigenvalue weighted by atomic mass is 10.0. The summed E-state index contributed by atoms with van der Waals surface area (Å²) >= 11 is 0. The second kappa shape index (κ2) is 11.3. The van der Waals surface area contributed by atoms with Crippen molar-refractivity contribution in [1.29, 1.82) is 0 Å². The van der Waals surface area contributed by atoms with Crippen LogP contribution in [0.5, 0.6) is 0 Å². The molecule has 0 bridgehead atoms. The minimum atomic E-state index is -3.38. The average molecular weight is 403 g/mol. The van der Waals surface area contributed by atoms with Crippen molar-refractivity contribution in [2.75, 3.05) is 26.7 Å². The predicted octanol–water partition coefficient (Wildman–Crippen LogP) is -0.363.